The van der Waals surface area contributed by atoms with Crippen molar-refractivity contribution in [1.82, 2.24) is 15.2 Å². The van der Waals surface area contributed by atoms with Gasteiger partial charge in [-0.1, -0.05) is 30.3 Å². The number of fused-ring (bicyclic) bond motifs is 1. The Morgan fingerprint density at radius 2 is 1.66 bits per heavy atom. The maximum absolute atomic E-state index is 13.2. The van der Waals surface area contributed by atoms with E-state index in [-0.39, 0.29) is 43.1 Å². The molecule has 0 aliphatic rings. The van der Waals surface area contributed by atoms with E-state index in [0.29, 0.717) is 24.3 Å². The lowest BCUT2D eigenvalue weighted by Gasteiger charge is -2.22. The van der Waals surface area contributed by atoms with Crippen LogP contribution in [0, 0.1) is 0 Å². The van der Waals surface area contributed by atoms with E-state index in [0.717, 1.165) is 17.5 Å². The first-order valence-electron chi connectivity index (χ1n) is 12.8. The zero-order valence-electron chi connectivity index (χ0n) is 22.2. The van der Waals surface area contributed by atoms with Crippen LogP contribution in [0.4, 0.5) is 18.9 Å². The summed E-state index contributed by atoms with van der Waals surface area (Å²) in [7, 11) is 0. The fourth-order valence-electron chi connectivity index (χ4n) is 3.90. The number of carbonyl (C=O) groups is 3. The molecule has 2 aromatic carbocycles. The number of nitrogens with one attached hydrogen (secondary N) is 2. The number of halogens is 3. The number of carbonyl (C=O) groups excluding carboxylic acids is 3. The summed E-state index contributed by atoms with van der Waals surface area (Å²) in [4.78, 5) is 44.4. The van der Waals surface area contributed by atoms with Crippen molar-refractivity contribution in [2.45, 2.75) is 25.1 Å². The van der Waals surface area contributed by atoms with Crippen molar-refractivity contribution in [3.05, 3.63) is 77.6 Å². The molecule has 0 aliphatic heterocycles. The fourth-order valence-corrected chi connectivity index (χ4v) is 3.90. The topological polar surface area (TPSA) is 169 Å². The van der Waals surface area contributed by atoms with Crippen LogP contribution in [0.3, 0.4) is 0 Å². The number of rotatable bonds is 12. The molecule has 0 spiro atoms. The van der Waals surface area contributed by atoms with Crippen molar-refractivity contribution < 1.29 is 27.6 Å². The Kier molecular flexibility index (Phi) is 10.9. The molecule has 1 aromatic heterocycles. The molecule has 0 aliphatic carbocycles. The van der Waals surface area contributed by atoms with Gasteiger partial charge in [-0.15, -0.1) is 0 Å². The second-order valence-corrected chi connectivity index (χ2v) is 9.14. The summed E-state index contributed by atoms with van der Waals surface area (Å²) in [5.41, 5.74) is 17.2. The summed E-state index contributed by atoms with van der Waals surface area (Å²) in [6.07, 6.45) is -1.96. The number of hydrogen-bond acceptors (Lipinski definition) is 7. The number of pyridine rings is 1. The highest BCUT2D eigenvalue weighted by molar-refractivity contribution is 6.09. The molecule has 218 valence electrons. The maximum atomic E-state index is 13.2. The summed E-state index contributed by atoms with van der Waals surface area (Å²) in [5.74, 6) is -1.78. The second-order valence-electron chi connectivity index (χ2n) is 9.14. The number of nitrogens with zero attached hydrogens (tertiary/aromatic N) is 2. The number of anilines is 1. The highest BCUT2D eigenvalue weighted by atomic mass is 19.4. The minimum Gasteiger partial charge on any atom is -0.340 e. The van der Waals surface area contributed by atoms with Crippen LogP contribution in [0.5, 0.6) is 0 Å². The second kappa shape index (κ2) is 14.3. The molecule has 1 atom stereocenters. The number of benzene rings is 2. The quantitative estimate of drug-likeness (QED) is 0.208. The summed E-state index contributed by atoms with van der Waals surface area (Å²) in [6, 6.07) is 11.8. The Labute approximate surface area is 234 Å². The van der Waals surface area contributed by atoms with E-state index in [1.807, 2.05) is 12.1 Å². The third-order valence-electron chi connectivity index (χ3n) is 6.06. The van der Waals surface area contributed by atoms with Crippen LogP contribution < -0.4 is 27.8 Å². The van der Waals surface area contributed by atoms with Gasteiger partial charge in [-0.2, -0.15) is 13.2 Å². The van der Waals surface area contributed by atoms with Gasteiger partial charge in [-0.25, -0.2) is 0 Å². The van der Waals surface area contributed by atoms with Crippen molar-refractivity contribution in [3.8, 4) is 0 Å². The van der Waals surface area contributed by atoms with Gasteiger partial charge >= 0.3 is 6.18 Å². The van der Waals surface area contributed by atoms with Crippen molar-refractivity contribution in [2.75, 3.05) is 31.5 Å². The van der Waals surface area contributed by atoms with Crippen molar-refractivity contribution in [2.24, 2.45) is 17.2 Å². The molecule has 10 nitrogen and oxygen atoms in total. The molecule has 8 N–H and O–H groups in total. The van der Waals surface area contributed by atoms with Crippen LogP contribution in [-0.4, -0.2) is 59.8 Å². The third kappa shape index (κ3) is 9.10. The molecule has 3 amide bonds. The predicted octanol–water partition coefficient (Wildman–Crippen LogP) is 2.20. The molecule has 0 saturated carbocycles. The number of aromatic nitrogens is 1. The van der Waals surface area contributed by atoms with Gasteiger partial charge in [0.25, 0.3) is 5.91 Å². The van der Waals surface area contributed by atoms with Crippen LogP contribution in [0.2, 0.25) is 0 Å². The third-order valence-corrected chi connectivity index (χ3v) is 6.06. The van der Waals surface area contributed by atoms with Crippen LogP contribution in [0.25, 0.3) is 17.0 Å². The summed E-state index contributed by atoms with van der Waals surface area (Å²) >= 11 is 0. The van der Waals surface area contributed by atoms with E-state index < -0.39 is 29.6 Å². The van der Waals surface area contributed by atoms with Gasteiger partial charge in [0.05, 0.1) is 29.0 Å². The molecule has 0 radical (unpaired) electrons. The Morgan fingerprint density at radius 1 is 1.00 bits per heavy atom. The van der Waals surface area contributed by atoms with Gasteiger partial charge in [0.2, 0.25) is 11.8 Å². The Morgan fingerprint density at radius 3 is 2.29 bits per heavy atom. The van der Waals surface area contributed by atoms with Crippen molar-refractivity contribution in [1.29, 1.82) is 0 Å². The first kappa shape index (κ1) is 31.2. The number of para-hydroxylation sites is 1. The average Bonchev–Trinajstić information content (AvgIpc) is 2.94. The Hall–Kier alpha value is -4.33. The molecule has 0 bridgehead atoms. The standard InChI is InChI=1S/C28H32F3N7O3/c29-28(30,31)20-7-5-18(6-8-20)15-24(27(41)36-21-16-19-3-1-2-4-23(19)35-17-21)37-26(40)22(34)9-10-25(39)38(13-11-32)14-12-33/h1-8,15-17,22H,9-14,32-34H2,(H,36,41)(H,37,40)/t22-/m0/s1. The van der Waals surface area contributed by atoms with E-state index in [9.17, 15) is 27.6 Å². The molecule has 0 fully saturated rings. The number of nitrogens with two attached hydrogens (primary N) is 3. The summed E-state index contributed by atoms with van der Waals surface area (Å²) < 4.78 is 39.0. The minimum atomic E-state index is -4.53. The van der Waals surface area contributed by atoms with Gasteiger partial charge < -0.3 is 32.7 Å². The van der Waals surface area contributed by atoms with Crippen LogP contribution >= 0.6 is 0 Å². The first-order valence-corrected chi connectivity index (χ1v) is 12.8. The van der Waals surface area contributed by atoms with Crippen LogP contribution in [0.1, 0.15) is 24.0 Å². The van der Waals surface area contributed by atoms with Crippen LogP contribution in [0.15, 0.2) is 66.5 Å². The van der Waals surface area contributed by atoms with Gasteiger partial charge in [0.1, 0.15) is 5.70 Å². The molecule has 0 unspecified atom stereocenters. The maximum Gasteiger partial charge on any atom is 0.416 e. The lowest BCUT2D eigenvalue weighted by atomic mass is 10.1. The van der Waals surface area contributed by atoms with Gasteiger partial charge in [0.15, 0.2) is 0 Å². The largest absolute Gasteiger partial charge is 0.416 e. The highest BCUT2D eigenvalue weighted by Crippen LogP contribution is 2.29. The van der Waals surface area contributed by atoms with E-state index >= 15 is 0 Å². The summed E-state index contributed by atoms with van der Waals surface area (Å²) in [5, 5.41) is 5.84. The van der Waals surface area contributed by atoms with E-state index in [1.165, 1.54) is 29.3 Å². The van der Waals surface area contributed by atoms with Gasteiger partial charge in [-0.05, 0) is 42.3 Å². The molecular weight excluding hydrogens is 539 g/mol. The highest BCUT2D eigenvalue weighted by Gasteiger charge is 2.30. The zero-order chi connectivity index (χ0) is 30.0. The van der Waals surface area contributed by atoms with E-state index in [1.54, 1.807) is 18.2 Å². The SMILES string of the molecule is NCCN(CCN)C(=O)CC[C@H](N)C(=O)NC(=Cc1ccc(C(F)(F)F)cc1)C(=O)Nc1cnc2ccccc2c1. The fraction of sp³-hybridized carbons (Fsp3) is 0.286. The van der Waals surface area contributed by atoms with Gasteiger partial charge in [-0.3, -0.25) is 19.4 Å². The van der Waals surface area contributed by atoms with Crippen molar-refractivity contribution >= 4 is 40.4 Å². The lowest BCUT2D eigenvalue weighted by molar-refractivity contribution is -0.137. The minimum absolute atomic E-state index is 0.0277. The van der Waals surface area contributed by atoms with Crippen LogP contribution in [-0.2, 0) is 20.6 Å². The molecule has 0 saturated heterocycles. The van der Waals surface area contributed by atoms with E-state index in [4.69, 9.17) is 17.2 Å². The first-order chi connectivity index (χ1) is 19.5. The lowest BCUT2D eigenvalue weighted by Crippen LogP contribution is -2.44. The monoisotopic (exact) mass is 571 g/mol. The molecule has 41 heavy (non-hydrogen) atoms. The molecule has 3 aromatic rings. The van der Waals surface area contributed by atoms with E-state index in [2.05, 4.69) is 15.6 Å². The number of hydrogen-bond donors (Lipinski definition) is 5. The van der Waals surface area contributed by atoms with Crippen molar-refractivity contribution in [3.63, 3.8) is 0 Å². The smallest absolute Gasteiger partial charge is 0.340 e. The normalized spacial score (nSPS) is 12.6. The zero-order valence-corrected chi connectivity index (χ0v) is 22.2. The molecule has 1 heterocycles. The number of amides is 3. The molecular formula is C28H32F3N7O3. The average molecular weight is 572 g/mol. The Balaban J connectivity index is 1.79. The summed E-state index contributed by atoms with van der Waals surface area (Å²) in [6.45, 7) is 1.11. The van der Waals surface area contributed by atoms with Gasteiger partial charge in [0, 0.05) is 38.0 Å². The molecule has 13 heteroatoms. The molecule has 3 rings (SSSR count). The number of alkyl halides is 3. The Bertz CT molecular complexity index is 1390. The predicted molar refractivity (Wildman–Crippen MR) is 150 cm³/mol.